The predicted molar refractivity (Wildman–Crippen MR) is 118 cm³/mol. The van der Waals surface area contributed by atoms with Crippen molar-refractivity contribution in [2.75, 3.05) is 13.2 Å². The third-order valence-electron chi connectivity index (χ3n) is 4.92. The molecule has 0 spiro atoms. The van der Waals surface area contributed by atoms with E-state index in [-0.39, 0.29) is 10.9 Å². The Kier molecular flexibility index (Phi) is 7.23. The molecule has 2 aromatic heterocycles. The van der Waals surface area contributed by atoms with Gasteiger partial charge in [-0.1, -0.05) is 26.0 Å². The van der Waals surface area contributed by atoms with Crippen LogP contribution in [0.15, 0.2) is 47.6 Å². The molecule has 0 amide bonds. The highest BCUT2D eigenvalue weighted by Gasteiger charge is 2.21. The average molecular weight is 431 g/mol. The lowest BCUT2D eigenvalue weighted by Gasteiger charge is -2.20. The van der Waals surface area contributed by atoms with Gasteiger partial charge >= 0.3 is 0 Å². The van der Waals surface area contributed by atoms with Gasteiger partial charge in [-0.2, -0.15) is 0 Å². The summed E-state index contributed by atoms with van der Waals surface area (Å²) in [5, 5.41) is 0. The predicted octanol–water partition coefficient (Wildman–Crippen LogP) is 3.52. The fourth-order valence-corrected chi connectivity index (χ4v) is 4.76. The number of nitrogens with one attached hydrogen (secondary N) is 1. The zero-order valence-corrected chi connectivity index (χ0v) is 18.8. The monoisotopic (exact) mass is 430 g/mol. The second kappa shape index (κ2) is 9.68. The highest BCUT2D eigenvalue weighted by Crippen LogP contribution is 2.18. The van der Waals surface area contributed by atoms with Crippen LogP contribution in [-0.2, 0) is 21.3 Å². The number of hydrogen-bond acceptors (Lipinski definition) is 5. The number of ether oxygens (including phenoxy) is 1. The van der Waals surface area contributed by atoms with Crippen LogP contribution < -0.4 is 4.72 Å². The number of nitrogens with zero attached hydrogens (tertiary/aromatic N) is 3. The molecule has 0 radical (unpaired) electrons. The summed E-state index contributed by atoms with van der Waals surface area (Å²) in [5.41, 5.74) is 2.86. The van der Waals surface area contributed by atoms with Crippen LogP contribution in [0.2, 0.25) is 0 Å². The van der Waals surface area contributed by atoms with Gasteiger partial charge in [0, 0.05) is 25.4 Å². The average Bonchev–Trinajstić information content (AvgIpc) is 3.01. The Morgan fingerprint density at radius 1 is 1.17 bits per heavy atom. The van der Waals surface area contributed by atoms with Crippen molar-refractivity contribution in [2.24, 2.45) is 5.92 Å². The maximum absolute atomic E-state index is 12.9. The minimum atomic E-state index is -3.61. The number of benzene rings is 1. The van der Waals surface area contributed by atoms with Crippen molar-refractivity contribution in [2.45, 2.75) is 51.6 Å². The summed E-state index contributed by atoms with van der Waals surface area (Å²) in [6, 6.07) is 8.69. The van der Waals surface area contributed by atoms with Crippen LogP contribution in [0.25, 0.3) is 11.0 Å². The number of fused-ring (bicyclic) bond motifs is 1. The molecular weight excluding hydrogens is 400 g/mol. The van der Waals surface area contributed by atoms with Crippen molar-refractivity contribution in [3.8, 4) is 0 Å². The highest BCUT2D eigenvalue weighted by molar-refractivity contribution is 7.89. The summed E-state index contributed by atoms with van der Waals surface area (Å²) in [5.74, 6) is 1.26. The molecule has 0 aliphatic carbocycles. The standard InChI is InChI=1S/C22H30N4O3S/c1-5-29-15-19(12-16(2)3)25-30(27,28)20-8-6-18(7-9-20)14-26-17(4)24-21-13-23-11-10-22(21)26/h6-11,13,16,19,25H,5,12,14-15H2,1-4H3/t19-/m1/s1. The quantitative estimate of drug-likeness (QED) is 0.532. The normalized spacial score (nSPS) is 13.2. The number of hydrogen-bond donors (Lipinski definition) is 1. The van der Waals surface area contributed by atoms with Crippen LogP contribution in [0.5, 0.6) is 0 Å². The molecule has 3 rings (SSSR count). The first-order valence-corrected chi connectivity index (χ1v) is 11.7. The van der Waals surface area contributed by atoms with E-state index in [0.717, 1.165) is 28.8 Å². The first-order valence-electron chi connectivity index (χ1n) is 10.3. The molecule has 1 aromatic carbocycles. The summed E-state index contributed by atoms with van der Waals surface area (Å²) >= 11 is 0. The molecule has 7 nitrogen and oxygen atoms in total. The van der Waals surface area contributed by atoms with Gasteiger partial charge in [-0.15, -0.1) is 0 Å². The topological polar surface area (TPSA) is 86.1 Å². The first-order chi connectivity index (χ1) is 14.3. The summed E-state index contributed by atoms with van der Waals surface area (Å²) in [4.78, 5) is 8.90. The summed E-state index contributed by atoms with van der Waals surface area (Å²) in [7, 11) is -3.61. The van der Waals surface area contributed by atoms with Crippen LogP contribution in [0.1, 0.15) is 38.6 Å². The molecule has 162 valence electrons. The number of rotatable bonds is 10. The first kappa shape index (κ1) is 22.4. The van der Waals surface area contributed by atoms with Gasteiger partial charge in [0.05, 0.1) is 23.2 Å². The van der Waals surface area contributed by atoms with E-state index in [9.17, 15) is 8.42 Å². The summed E-state index contributed by atoms with van der Waals surface area (Å²) in [6.07, 6.45) is 4.21. The van der Waals surface area contributed by atoms with Gasteiger partial charge in [0.25, 0.3) is 0 Å². The van der Waals surface area contributed by atoms with Gasteiger partial charge in [-0.3, -0.25) is 4.98 Å². The Hall–Kier alpha value is -2.29. The largest absolute Gasteiger partial charge is 0.380 e. The number of sulfonamides is 1. The molecule has 0 aliphatic rings. The van der Waals surface area contributed by atoms with Crippen molar-refractivity contribution in [3.63, 3.8) is 0 Å². The lowest BCUT2D eigenvalue weighted by Crippen LogP contribution is -2.39. The lowest BCUT2D eigenvalue weighted by atomic mass is 10.1. The van der Waals surface area contributed by atoms with Crippen LogP contribution in [0.4, 0.5) is 0 Å². The third-order valence-corrected chi connectivity index (χ3v) is 6.45. The number of aryl methyl sites for hydroxylation is 1. The Bertz CT molecular complexity index is 1080. The van der Waals surface area contributed by atoms with E-state index in [1.807, 2.05) is 32.0 Å². The van der Waals surface area contributed by atoms with Crippen molar-refractivity contribution >= 4 is 21.1 Å². The summed E-state index contributed by atoms with van der Waals surface area (Å²) in [6.45, 7) is 9.54. The van der Waals surface area contributed by atoms with Gasteiger partial charge in [0.15, 0.2) is 0 Å². The van der Waals surface area contributed by atoms with E-state index >= 15 is 0 Å². The van der Waals surface area contributed by atoms with Crippen LogP contribution >= 0.6 is 0 Å². The molecule has 2 heterocycles. The van der Waals surface area contributed by atoms with E-state index in [1.54, 1.807) is 24.5 Å². The molecule has 30 heavy (non-hydrogen) atoms. The van der Waals surface area contributed by atoms with Crippen molar-refractivity contribution in [1.82, 2.24) is 19.3 Å². The molecule has 0 aliphatic heterocycles. The molecule has 3 aromatic rings. The fraction of sp³-hybridized carbons (Fsp3) is 0.455. The minimum Gasteiger partial charge on any atom is -0.380 e. The molecule has 0 unspecified atom stereocenters. The third kappa shape index (κ3) is 5.44. The van der Waals surface area contributed by atoms with E-state index in [0.29, 0.717) is 25.7 Å². The lowest BCUT2D eigenvalue weighted by molar-refractivity contribution is 0.122. The molecular formula is C22H30N4O3S. The number of pyridine rings is 1. The Morgan fingerprint density at radius 3 is 2.57 bits per heavy atom. The van der Waals surface area contributed by atoms with Crippen LogP contribution in [-0.4, -0.2) is 42.2 Å². The Balaban J connectivity index is 1.75. The van der Waals surface area contributed by atoms with Gasteiger partial charge in [-0.25, -0.2) is 18.1 Å². The minimum absolute atomic E-state index is 0.247. The van der Waals surface area contributed by atoms with Crippen LogP contribution in [0.3, 0.4) is 0 Å². The molecule has 0 bridgehead atoms. The SMILES string of the molecule is CCOC[C@@H](CC(C)C)NS(=O)(=O)c1ccc(Cn2c(C)nc3cnccc32)cc1. The van der Waals surface area contributed by atoms with E-state index in [2.05, 4.69) is 33.1 Å². The highest BCUT2D eigenvalue weighted by atomic mass is 32.2. The zero-order chi connectivity index (χ0) is 21.7. The van der Waals surface area contributed by atoms with Gasteiger partial charge in [0.2, 0.25) is 10.0 Å². The van der Waals surface area contributed by atoms with Crippen molar-refractivity contribution < 1.29 is 13.2 Å². The number of aromatic nitrogens is 3. The van der Waals surface area contributed by atoms with Crippen molar-refractivity contribution in [1.29, 1.82) is 0 Å². The fourth-order valence-electron chi connectivity index (χ4n) is 3.53. The molecule has 0 saturated heterocycles. The van der Waals surface area contributed by atoms with Crippen molar-refractivity contribution in [3.05, 3.63) is 54.1 Å². The molecule has 8 heteroatoms. The molecule has 1 atom stereocenters. The molecule has 0 saturated carbocycles. The van der Waals surface area contributed by atoms with Gasteiger partial charge in [-0.05, 0) is 49.9 Å². The zero-order valence-electron chi connectivity index (χ0n) is 18.0. The van der Waals surface area contributed by atoms with Gasteiger partial charge < -0.3 is 9.30 Å². The molecule has 0 fully saturated rings. The second-order valence-corrected chi connectivity index (χ2v) is 9.57. The smallest absolute Gasteiger partial charge is 0.240 e. The number of imidazole rings is 1. The maximum atomic E-state index is 12.9. The van der Waals surface area contributed by atoms with E-state index in [4.69, 9.17) is 4.74 Å². The molecule has 1 N–H and O–H groups in total. The Morgan fingerprint density at radius 2 is 1.90 bits per heavy atom. The van der Waals surface area contributed by atoms with E-state index < -0.39 is 10.0 Å². The summed E-state index contributed by atoms with van der Waals surface area (Å²) < 4.78 is 36.1. The van der Waals surface area contributed by atoms with Crippen LogP contribution in [0, 0.1) is 12.8 Å². The Labute approximate surface area is 178 Å². The maximum Gasteiger partial charge on any atom is 0.240 e. The van der Waals surface area contributed by atoms with Gasteiger partial charge in [0.1, 0.15) is 11.3 Å². The second-order valence-electron chi connectivity index (χ2n) is 7.86. The van der Waals surface area contributed by atoms with E-state index in [1.165, 1.54) is 0 Å².